The normalized spacial score (nSPS) is 11.7. The first-order valence-corrected chi connectivity index (χ1v) is 8.30. The maximum Gasteiger partial charge on any atom is 0.417 e. The van der Waals surface area contributed by atoms with Crippen LogP contribution in [-0.2, 0) is 6.18 Å². The minimum atomic E-state index is -4.61. The van der Waals surface area contributed by atoms with E-state index in [1.165, 1.54) is 30.5 Å². The molecule has 2 heterocycles. The SMILES string of the molecule is COc1ccc2nc(-c3cc(C(=O)c4ccccc4C(F)(F)F)c[nH]3)[nH]c2c1. The zero-order valence-electron chi connectivity index (χ0n) is 14.6. The van der Waals surface area contributed by atoms with Crippen molar-refractivity contribution in [2.45, 2.75) is 6.18 Å². The monoisotopic (exact) mass is 385 g/mol. The van der Waals surface area contributed by atoms with Crippen LogP contribution in [-0.4, -0.2) is 27.8 Å². The maximum absolute atomic E-state index is 13.2. The van der Waals surface area contributed by atoms with E-state index in [9.17, 15) is 18.0 Å². The molecule has 28 heavy (non-hydrogen) atoms. The predicted molar refractivity (Wildman–Crippen MR) is 97.3 cm³/mol. The van der Waals surface area contributed by atoms with Crippen molar-refractivity contribution in [3.8, 4) is 17.3 Å². The van der Waals surface area contributed by atoms with Crippen molar-refractivity contribution in [1.29, 1.82) is 0 Å². The summed E-state index contributed by atoms with van der Waals surface area (Å²) in [6, 6.07) is 11.5. The van der Waals surface area contributed by atoms with Gasteiger partial charge in [0.25, 0.3) is 0 Å². The number of H-pyrrole nitrogens is 2. The van der Waals surface area contributed by atoms with E-state index in [1.54, 1.807) is 25.3 Å². The summed E-state index contributed by atoms with van der Waals surface area (Å²) in [6.07, 6.45) is -3.23. The van der Waals surface area contributed by atoms with Crippen LogP contribution in [0.3, 0.4) is 0 Å². The quantitative estimate of drug-likeness (QED) is 0.495. The molecule has 2 N–H and O–H groups in total. The van der Waals surface area contributed by atoms with E-state index < -0.39 is 23.1 Å². The Morgan fingerprint density at radius 1 is 1.11 bits per heavy atom. The number of carbonyl (C=O) groups excluding carboxylic acids is 1. The first-order valence-electron chi connectivity index (χ1n) is 8.30. The molecule has 2 aromatic heterocycles. The predicted octanol–water partition coefficient (Wildman–Crippen LogP) is 4.82. The average Bonchev–Trinajstić information content (AvgIpc) is 3.33. The van der Waals surface area contributed by atoms with Crippen LogP contribution in [0, 0.1) is 0 Å². The maximum atomic E-state index is 13.2. The molecule has 142 valence electrons. The molecule has 4 aromatic rings. The standard InChI is InChI=1S/C20H14F3N3O2/c1-28-12-6-7-15-16(9-12)26-19(25-15)17-8-11(10-24-17)18(27)13-4-2-3-5-14(13)20(21,22)23/h2-10,24H,1H3,(H,25,26). The number of rotatable bonds is 4. The minimum Gasteiger partial charge on any atom is -0.497 e. The Morgan fingerprint density at radius 3 is 2.64 bits per heavy atom. The Balaban J connectivity index is 1.70. The van der Waals surface area contributed by atoms with E-state index in [4.69, 9.17) is 4.74 Å². The van der Waals surface area contributed by atoms with Crippen LogP contribution in [0.4, 0.5) is 13.2 Å². The van der Waals surface area contributed by atoms with E-state index in [1.807, 2.05) is 0 Å². The molecule has 0 bridgehead atoms. The Kier molecular flexibility index (Phi) is 4.18. The van der Waals surface area contributed by atoms with Crippen molar-refractivity contribution in [2.24, 2.45) is 0 Å². The third-order valence-corrected chi connectivity index (χ3v) is 4.37. The number of aromatic nitrogens is 3. The Bertz CT molecular complexity index is 1170. The number of nitrogens with one attached hydrogen (secondary N) is 2. The van der Waals surface area contributed by atoms with Gasteiger partial charge in [-0.15, -0.1) is 0 Å². The highest BCUT2D eigenvalue weighted by atomic mass is 19.4. The first kappa shape index (κ1) is 17.8. The summed E-state index contributed by atoms with van der Waals surface area (Å²) in [5.41, 5.74) is 0.682. The largest absolute Gasteiger partial charge is 0.497 e. The second-order valence-electron chi connectivity index (χ2n) is 6.14. The van der Waals surface area contributed by atoms with Crippen LogP contribution in [0.5, 0.6) is 5.75 Å². The zero-order chi connectivity index (χ0) is 19.9. The number of hydrogen-bond acceptors (Lipinski definition) is 3. The van der Waals surface area contributed by atoms with Crippen LogP contribution in [0.25, 0.3) is 22.6 Å². The molecule has 0 unspecified atom stereocenters. The first-order chi connectivity index (χ1) is 13.4. The number of alkyl halides is 3. The molecule has 0 saturated heterocycles. The van der Waals surface area contributed by atoms with Crippen molar-refractivity contribution >= 4 is 16.8 Å². The molecule has 0 spiro atoms. The van der Waals surface area contributed by atoms with Crippen molar-refractivity contribution < 1.29 is 22.7 Å². The highest BCUT2D eigenvalue weighted by molar-refractivity contribution is 6.10. The number of halogens is 3. The molecule has 8 heteroatoms. The molecule has 0 fully saturated rings. The summed E-state index contributed by atoms with van der Waals surface area (Å²) < 4.78 is 44.7. The van der Waals surface area contributed by atoms with Crippen molar-refractivity contribution in [3.05, 3.63) is 71.4 Å². The summed E-state index contributed by atoms with van der Waals surface area (Å²) >= 11 is 0. The zero-order valence-corrected chi connectivity index (χ0v) is 14.6. The second kappa shape index (κ2) is 6.56. The molecule has 0 saturated carbocycles. The summed E-state index contributed by atoms with van der Waals surface area (Å²) in [7, 11) is 1.56. The summed E-state index contributed by atoms with van der Waals surface area (Å²) in [5, 5.41) is 0. The van der Waals surface area contributed by atoms with Crippen molar-refractivity contribution in [3.63, 3.8) is 0 Å². The number of aromatic amines is 2. The van der Waals surface area contributed by atoms with Gasteiger partial charge in [0.1, 0.15) is 5.75 Å². The van der Waals surface area contributed by atoms with E-state index in [0.717, 1.165) is 11.6 Å². The molecular formula is C20H14F3N3O2. The third-order valence-electron chi connectivity index (χ3n) is 4.37. The van der Waals surface area contributed by atoms with Gasteiger partial charge < -0.3 is 14.7 Å². The average molecular weight is 385 g/mol. The smallest absolute Gasteiger partial charge is 0.417 e. The lowest BCUT2D eigenvalue weighted by Gasteiger charge is -2.10. The number of hydrogen-bond donors (Lipinski definition) is 2. The topological polar surface area (TPSA) is 70.8 Å². The number of methoxy groups -OCH3 is 1. The lowest BCUT2D eigenvalue weighted by molar-refractivity contribution is -0.137. The number of imidazole rings is 1. The molecule has 0 aliphatic rings. The lowest BCUT2D eigenvalue weighted by atomic mass is 9.99. The second-order valence-corrected chi connectivity index (χ2v) is 6.14. The number of ketones is 1. The van der Waals surface area contributed by atoms with Gasteiger partial charge >= 0.3 is 6.18 Å². The van der Waals surface area contributed by atoms with Crippen LogP contribution in [0.2, 0.25) is 0 Å². The van der Waals surface area contributed by atoms with E-state index in [2.05, 4.69) is 15.0 Å². The van der Waals surface area contributed by atoms with Crippen molar-refractivity contribution in [2.75, 3.05) is 7.11 Å². The highest BCUT2D eigenvalue weighted by Crippen LogP contribution is 2.33. The van der Waals surface area contributed by atoms with Crippen LogP contribution in [0.15, 0.2) is 54.7 Å². The third kappa shape index (κ3) is 3.13. The molecule has 0 aliphatic carbocycles. The molecule has 2 aromatic carbocycles. The van der Waals surface area contributed by atoms with Gasteiger partial charge in [-0.3, -0.25) is 4.79 Å². The summed E-state index contributed by atoms with van der Waals surface area (Å²) in [4.78, 5) is 23.1. The number of benzene rings is 2. The highest BCUT2D eigenvalue weighted by Gasteiger charge is 2.35. The number of fused-ring (bicyclic) bond motifs is 1. The number of carbonyl (C=O) groups is 1. The van der Waals surface area contributed by atoms with Gasteiger partial charge in [-0.25, -0.2) is 4.98 Å². The van der Waals surface area contributed by atoms with Crippen LogP contribution in [0.1, 0.15) is 21.5 Å². The number of ether oxygens (including phenoxy) is 1. The Hall–Kier alpha value is -3.55. The van der Waals surface area contributed by atoms with E-state index >= 15 is 0 Å². The molecular weight excluding hydrogens is 371 g/mol. The van der Waals surface area contributed by atoms with Gasteiger partial charge in [0, 0.05) is 23.4 Å². The molecule has 0 aliphatic heterocycles. The number of nitrogens with zero attached hydrogens (tertiary/aromatic N) is 1. The van der Waals surface area contributed by atoms with Gasteiger partial charge in [0.15, 0.2) is 11.6 Å². The minimum absolute atomic E-state index is 0.115. The lowest BCUT2D eigenvalue weighted by Crippen LogP contribution is -2.13. The van der Waals surface area contributed by atoms with E-state index in [-0.39, 0.29) is 5.56 Å². The fourth-order valence-electron chi connectivity index (χ4n) is 2.99. The fraction of sp³-hybridized carbons (Fsp3) is 0.100. The van der Waals surface area contributed by atoms with E-state index in [0.29, 0.717) is 22.8 Å². The molecule has 4 rings (SSSR count). The molecule has 0 atom stereocenters. The summed E-state index contributed by atoms with van der Waals surface area (Å²) in [6.45, 7) is 0. The van der Waals surface area contributed by atoms with Gasteiger partial charge in [-0.05, 0) is 24.3 Å². The van der Waals surface area contributed by atoms with Crippen LogP contribution >= 0.6 is 0 Å². The van der Waals surface area contributed by atoms with Gasteiger partial charge in [0.05, 0.1) is 29.4 Å². The van der Waals surface area contributed by atoms with Gasteiger partial charge in [0.2, 0.25) is 0 Å². The molecule has 0 amide bonds. The van der Waals surface area contributed by atoms with Gasteiger partial charge in [-0.1, -0.05) is 18.2 Å². The Morgan fingerprint density at radius 2 is 1.89 bits per heavy atom. The molecule has 5 nitrogen and oxygen atoms in total. The summed E-state index contributed by atoms with van der Waals surface area (Å²) in [5.74, 6) is 0.411. The van der Waals surface area contributed by atoms with Crippen LogP contribution < -0.4 is 4.74 Å². The molecule has 0 radical (unpaired) electrons. The van der Waals surface area contributed by atoms with Gasteiger partial charge in [-0.2, -0.15) is 13.2 Å². The fourth-order valence-corrected chi connectivity index (χ4v) is 2.99. The van der Waals surface area contributed by atoms with Crippen molar-refractivity contribution in [1.82, 2.24) is 15.0 Å². The Labute approximate surface area is 157 Å².